The van der Waals surface area contributed by atoms with E-state index in [2.05, 4.69) is 62.6 Å². The van der Waals surface area contributed by atoms with Gasteiger partial charge in [-0.1, -0.05) is 13.8 Å². The van der Waals surface area contributed by atoms with Gasteiger partial charge in [0.15, 0.2) is 0 Å². The Bertz CT molecular complexity index is 1520. The molecule has 4 aromatic heterocycles. The summed E-state index contributed by atoms with van der Waals surface area (Å²) in [4.78, 5) is 27.6. The smallest absolute Gasteiger partial charge is 0.258 e. The van der Waals surface area contributed by atoms with Gasteiger partial charge in [-0.25, -0.2) is 9.50 Å². The van der Waals surface area contributed by atoms with Gasteiger partial charge in [-0.15, -0.1) is 0 Å². The van der Waals surface area contributed by atoms with E-state index in [9.17, 15) is 4.79 Å². The fourth-order valence-electron chi connectivity index (χ4n) is 5.65. The van der Waals surface area contributed by atoms with Crippen molar-refractivity contribution in [2.24, 2.45) is 5.92 Å². The van der Waals surface area contributed by atoms with Crippen molar-refractivity contribution in [3.8, 4) is 11.4 Å². The molecule has 1 aliphatic heterocycles. The Balaban J connectivity index is 1.56. The highest BCUT2D eigenvalue weighted by Gasteiger charge is 2.41. The molecule has 8 heteroatoms. The van der Waals surface area contributed by atoms with Crippen LogP contribution in [-0.2, 0) is 6.42 Å². The number of aryl methyl sites for hydroxylation is 3. The number of likely N-dealkylation sites (tertiary alicyclic amines) is 1. The number of fused-ring (bicyclic) bond motifs is 2. The lowest BCUT2D eigenvalue weighted by Crippen LogP contribution is -2.59. The maximum atomic E-state index is 13.3. The Morgan fingerprint density at radius 2 is 1.86 bits per heavy atom. The van der Waals surface area contributed by atoms with Crippen LogP contribution in [0.5, 0.6) is 0 Å². The molecule has 2 unspecified atom stereocenters. The minimum absolute atomic E-state index is 0.104. The van der Waals surface area contributed by atoms with E-state index < -0.39 is 0 Å². The molecule has 190 valence electrons. The van der Waals surface area contributed by atoms with Crippen LogP contribution in [0, 0.1) is 19.8 Å². The Morgan fingerprint density at radius 1 is 1.11 bits per heavy atom. The van der Waals surface area contributed by atoms with Gasteiger partial charge in [0.2, 0.25) is 0 Å². The monoisotopic (exact) mass is 487 g/mol. The van der Waals surface area contributed by atoms with Gasteiger partial charge in [-0.2, -0.15) is 5.10 Å². The standard InChI is InChI=1S/C28H37N7O/c1-9-21-25-13-23(31-35(25)15-18(3)29-21)22-14-26(36)34-16-20(12-17(2)27(34)30-22)33(8)24-10-11-32(7)28(5,6)19(24)4/h12-16,19,24H,9-11H2,1-8H3. The van der Waals surface area contributed by atoms with Crippen molar-refractivity contribution in [1.29, 1.82) is 0 Å². The first-order valence-corrected chi connectivity index (χ1v) is 12.9. The minimum atomic E-state index is -0.104. The largest absolute Gasteiger partial charge is 0.370 e. The third-order valence-corrected chi connectivity index (χ3v) is 8.52. The first-order chi connectivity index (χ1) is 17.0. The molecule has 0 saturated carbocycles. The van der Waals surface area contributed by atoms with Gasteiger partial charge in [-0.3, -0.25) is 14.2 Å². The van der Waals surface area contributed by atoms with Gasteiger partial charge in [0.1, 0.15) is 11.3 Å². The molecular formula is C28H37N7O. The lowest BCUT2D eigenvalue weighted by molar-refractivity contribution is 0.0393. The second-order valence-electron chi connectivity index (χ2n) is 10.9. The van der Waals surface area contributed by atoms with Crippen molar-refractivity contribution in [1.82, 2.24) is 28.9 Å². The highest BCUT2D eigenvalue weighted by atomic mass is 16.1. The number of nitrogens with zero attached hydrogens (tertiary/aromatic N) is 7. The first kappa shape index (κ1) is 24.4. The van der Waals surface area contributed by atoms with E-state index in [-0.39, 0.29) is 11.1 Å². The predicted molar refractivity (Wildman–Crippen MR) is 145 cm³/mol. The average Bonchev–Trinajstić information content (AvgIpc) is 3.26. The maximum Gasteiger partial charge on any atom is 0.258 e. The normalized spacial score (nSPS) is 20.3. The fraction of sp³-hybridized carbons (Fsp3) is 0.500. The third kappa shape index (κ3) is 3.88. The summed E-state index contributed by atoms with van der Waals surface area (Å²) in [6, 6.07) is 6.10. The number of rotatable bonds is 4. The van der Waals surface area contributed by atoms with Crippen LogP contribution >= 0.6 is 0 Å². The van der Waals surface area contributed by atoms with Crippen molar-refractivity contribution in [2.75, 3.05) is 25.5 Å². The zero-order valence-corrected chi connectivity index (χ0v) is 22.7. The molecule has 0 amide bonds. The molecule has 0 radical (unpaired) electrons. The topological polar surface area (TPSA) is 71.0 Å². The van der Waals surface area contributed by atoms with Gasteiger partial charge in [0, 0.05) is 37.4 Å². The molecule has 1 saturated heterocycles. The third-order valence-electron chi connectivity index (χ3n) is 8.52. The average molecular weight is 488 g/mol. The lowest BCUT2D eigenvalue weighted by Gasteiger charge is -2.51. The van der Waals surface area contributed by atoms with Crippen molar-refractivity contribution < 1.29 is 0 Å². The molecule has 0 aliphatic carbocycles. The molecule has 5 rings (SSSR count). The van der Waals surface area contributed by atoms with E-state index in [0.717, 1.165) is 47.5 Å². The molecule has 2 atom stereocenters. The van der Waals surface area contributed by atoms with Crippen molar-refractivity contribution in [3.05, 3.63) is 57.9 Å². The summed E-state index contributed by atoms with van der Waals surface area (Å²) in [5.74, 6) is 0.468. The van der Waals surface area contributed by atoms with Crippen LogP contribution in [0.15, 0.2) is 35.4 Å². The van der Waals surface area contributed by atoms with Crippen molar-refractivity contribution in [3.63, 3.8) is 0 Å². The van der Waals surface area contributed by atoms with Gasteiger partial charge in [0.05, 0.1) is 34.5 Å². The highest BCUT2D eigenvalue weighted by Crippen LogP contribution is 2.36. The summed E-state index contributed by atoms with van der Waals surface area (Å²) in [5.41, 5.74) is 6.78. The molecule has 4 aromatic rings. The maximum absolute atomic E-state index is 13.3. The van der Waals surface area contributed by atoms with E-state index >= 15 is 0 Å². The number of piperidine rings is 1. The number of pyridine rings is 1. The van der Waals surface area contributed by atoms with Gasteiger partial charge in [-0.05, 0) is 71.2 Å². The van der Waals surface area contributed by atoms with Crippen LogP contribution in [0.2, 0.25) is 0 Å². The highest BCUT2D eigenvalue weighted by molar-refractivity contribution is 5.67. The van der Waals surface area contributed by atoms with E-state index in [1.807, 2.05) is 36.8 Å². The number of aromatic nitrogens is 5. The molecule has 1 aliphatic rings. The zero-order chi connectivity index (χ0) is 25.9. The van der Waals surface area contributed by atoms with Gasteiger partial charge >= 0.3 is 0 Å². The molecule has 5 heterocycles. The van der Waals surface area contributed by atoms with Crippen molar-refractivity contribution in [2.45, 2.75) is 66.0 Å². The van der Waals surface area contributed by atoms with Crippen LogP contribution in [0.4, 0.5) is 5.69 Å². The summed E-state index contributed by atoms with van der Waals surface area (Å²) in [7, 11) is 4.35. The Hall–Kier alpha value is -3.26. The van der Waals surface area contributed by atoms with E-state index in [1.165, 1.54) is 0 Å². The van der Waals surface area contributed by atoms with E-state index in [4.69, 9.17) is 10.1 Å². The second-order valence-corrected chi connectivity index (χ2v) is 10.9. The van der Waals surface area contributed by atoms with E-state index in [1.54, 1.807) is 10.5 Å². The van der Waals surface area contributed by atoms with Crippen LogP contribution in [-0.4, -0.2) is 61.1 Å². The molecular weight excluding hydrogens is 450 g/mol. The molecule has 0 N–H and O–H groups in total. The zero-order valence-electron chi connectivity index (χ0n) is 22.7. The molecule has 8 nitrogen and oxygen atoms in total. The molecule has 0 bridgehead atoms. The quantitative estimate of drug-likeness (QED) is 0.431. The van der Waals surface area contributed by atoms with Crippen LogP contribution < -0.4 is 10.5 Å². The Morgan fingerprint density at radius 3 is 2.58 bits per heavy atom. The molecule has 1 fully saturated rings. The van der Waals surface area contributed by atoms with E-state index in [0.29, 0.717) is 29.0 Å². The SMILES string of the molecule is CCc1nc(C)cn2nc(-c3cc(=O)n4cc(N(C)C5CCN(C)C(C)(C)C5C)cc(C)c4n3)cc12. The molecule has 36 heavy (non-hydrogen) atoms. The summed E-state index contributed by atoms with van der Waals surface area (Å²) in [5, 5.41) is 4.72. The first-order valence-electron chi connectivity index (χ1n) is 12.9. The fourth-order valence-corrected chi connectivity index (χ4v) is 5.65. The predicted octanol–water partition coefficient (Wildman–Crippen LogP) is 4.14. The Kier molecular flexibility index (Phi) is 5.90. The number of hydrogen-bond donors (Lipinski definition) is 0. The summed E-state index contributed by atoms with van der Waals surface area (Å²) in [6.07, 6.45) is 5.74. The number of hydrogen-bond acceptors (Lipinski definition) is 6. The number of anilines is 1. The summed E-state index contributed by atoms with van der Waals surface area (Å²) >= 11 is 0. The van der Waals surface area contributed by atoms with Crippen LogP contribution in [0.1, 0.15) is 51.1 Å². The second kappa shape index (κ2) is 8.69. The van der Waals surface area contributed by atoms with Crippen molar-refractivity contribution >= 4 is 16.9 Å². The van der Waals surface area contributed by atoms with Gasteiger partial charge in [0.25, 0.3) is 5.56 Å². The van der Waals surface area contributed by atoms with Crippen LogP contribution in [0.25, 0.3) is 22.6 Å². The van der Waals surface area contributed by atoms with Crippen LogP contribution in [0.3, 0.4) is 0 Å². The van der Waals surface area contributed by atoms with Gasteiger partial charge < -0.3 is 9.80 Å². The Labute approximate surface area is 212 Å². The molecule has 0 spiro atoms. The summed E-state index contributed by atoms with van der Waals surface area (Å²) < 4.78 is 3.52. The minimum Gasteiger partial charge on any atom is -0.370 e. The molecule has 0 aromatic carbocycles. The summed E-state index contributed by atoms with van der Waals surface area (Å²) in [6.45, 7) is 14.1. The lowest BCUT2D eigenvalue weighted by atomic mass is 9.76.